The average Bonchev–Trinajstić information content (AvgIpc) is 3.22. The number of carbonyl (C=O) groups excluding carboxylic acids is 2. The molecule has 5 rings (SSSR count). The highest BCUT2D eigenvalue weighted by Gasteiger charge is 2.35. The second-order valence-electron chi connectivity index (χ2n) is 8.92. The van der Waals surface area contributed by atoms with E-state index < -0.39 is 0 Å². The van der Waals surface area contributed by atoms with Crippen LogP contribution in [-0.2, 0) is 13.0 Å². The smallest absolute Gasteiger partial charge is 0.262 e. The average molecular weight is 482 g/mol. The summed E-state index contributed by atoms with van der Waals surface area (Å²) in [6.07, 6.45) is 4.85. The van der Waals surface area contributed by atoms with Crippen LogP contribution in [0.25, 0.3) is 0 Å². The van der Waals surface area contributed by atoms with Gasteiger partial charge in [0.15, 0.2) is 0 Å². The van der Waals surface area contributed by atoms with E-state index >= 15 is 0 Å². The number of hydrogen-bond donors (Lipinski definition) is 0. The van der Waals surface area contributed by atoms with E-state index in [1.165, 1.54) is 17.7 Å². The topological polar surface area (TPSA) is 64.4 Å². The lowest BCUT2D eigenvalue weighted by Gasteiger charge is -2.35. The van der Waals surface area contributed by atoms with E-state index in [0.717, 1.165) is 51.7 Å². The Bertz CT molecular complexity index is 1340. The molecule has 2 aliphatic rings. The lowest BCUT2D eigenvalue weighted by molar-refractivity contribution is 0.0629. The van der Waals surface area contributed by atoms with Crippen molar-refractivity contribution in [2.75, 3.05) is 11.4 Å². The van der Waals surface area contributed by atoms with E-state index in [2.05, 4.69) is 30.0 Å². The van der Waals surface area contributed by atoms with Crippen LogP contribution < -0.4 is 4.90 Å². The number of benzene rings is 3. The molecule has 2 amide bonds. The van der Waals surface area contributed by atoms with Gasteiger partial charge in [-0.3, -0.25) is 14.5 Å². The summed E-state index contributed by atoms with van der Waals surface area (Å²) in [5, 5.41) is 9.41. The molecular weight excluding hydrogens is 454 g/mol. The number of carbonyl (C=O) groups is 2. The standard InChI is InChI=1S/C29H27N3O2S/c1-2-3-4-7-18-31-24-14-8-11-20(16-17-30)26(24)35-27-23(13-9-15-25(27)31)29(34)32-19-21-10-5-6-12-22(21)28(32)33/h5-6,8-15H,2-4,7,16,18-19H2,1H3. The normalized spacial score (nSPS) is 13.8. The summed E-state index contributed by atoms with van der Waals surface area (Å²) < 4.78 is 0. The molecule has 0 radical (unpaired) electrons. The molecule has 0 saturated heterocycles. The Balaban J connectivity index is 1.55. The van der Waals surface area contributed by atoms with Gasteiger partial charge in [0.2, 0.25) is 0 Å². The van der Waals surface area contributed by atoms with Gasteiger partial charge in [0, 0.05) is 21.9 Å². The maximum atomic E-state index is 13.7. The molecule has 0 bridgehead atoms. The number of anilines is 2. The van der Waals surface area contributed by atoms with Crippen LogP contribution in [0.2, 0.25) is 0 Å². The number of imide groups is 1. The first-order valence-corrected chi connectivity index (χ1v) is 13.0. The van der Waals surface area contributed by atoms with Gasteiger partial charge in [0.25, 0.3) is 11.8 Å². The van der Waals surface area contributed by atoms with E-state index in [1.54, 1.807) is 17.8 Å². The van der Waals surface area contributed by atoms with Crippen LogP contribution in [0.3, 0.4) is 0 Å². The molecule has 0 fully saturated rings. The zero-order chi connectivity index (χ0) is 24.4. The van der Waals surface area contributed by atoms with Crippen molar-refractivity contribution in [3.63, 3.8) is 0 Å². The van der Waals surface area contributed by atoms with E-state index in [9.17, 15) is 14.9 Å². The summed E-state index contributed by atoms with van der Waals surface area (Å²) in [5.41, 5.74) is 5.04. The van der Waals surface area contributed by atoms with Gasteiger partial charge in [0.1, 0.15) is 0 Å². The highest BCUT2D eigenvalue weighted by atomic mass is 32.2. The predicted octanol–water partition coefficient (Wildman–Crippen LogP) is 6.73. The monoisotopic (exact) mass is 481 g/mol. The van der Waals surface area contributed by atoms with Gasteiger partial charge >= 0.3 is 0 Å². The first kappa shape index (κ1) is 23.2. The van der Waals surface area contributed by atoms with E-state index in [4.69, 9.17) is 0 Å². The summed E-state index contributed by atoms with van der Waals surface area (Å²) in [5.74, 6) is -0.520. The fourth-order valence-corrected chi connectivity index (χ4v) is 6.18. The maximum absolute atomic E-state index is 13.7. The minimum atomic E-state index is -0.275. The summed E-state index contributed by atoms with van der Waals surface area (Å²) in [4.78, 5) is 32.3. The Labute approximate surface area is 210 Å². The summed E-state index contributed by atoms with van der Waals surface area (Å²) in [6.45, 7) is 3.33. The Morgan fingerprint density at radius 3 is 2.51 bits per heavy atom. The van der Waals surface area contributed by atoms with Crippen molar-refractivity contribution < 1.29 is 9.59 Å². The first-order chi connectivity index (χ1) is 17.1. The molecule has 0 N–H and O–H groups in total. The van der Waals surface area contributed by atoms with Gasteiger partial charge in [-0.05, 0) is 41.8 Å². The first-order valence-electron chi connectivity index (χ1n) is 12.2. The number of unbranched alkanes of at least 4 members (excludes halogenated alkanes) is 3. The Morgan fingerprint density at radius 1 is 0.971 bits per heavy atom. The Morgan fingerprint density at radius 2 is 1.74 bits per heavy atom. The molecule has 0 saturated carbocycles. The van der Waals surface area contributed by atoms with Crippen LogP contribution in [-0.4, -0.2) is 23.3 Å². The van der Waals surface area contributed by atoms with Crippen LogP contribution in [0.5, 0.6) is 0 Å². The van der Waals surface area contributed by atoms with Gasteiger partial charge in [-0.2, -0.15) is 5.26 Å². The molecular formula is C29H27N3O2S. The van der Waals surface area contributed by atoms with Crippen molar-refractivity contribution >= 4 is 35.0 Å². The van der Waals surface area contributed by atoms with Crippen molar-refractivity contribution in [1.82, 2.24) is 4.90 Å². The third-order valence-electron chi connectivity index (χ3n) is 6.66. The largest absolute Gasteiger partial charge is 0.340 e. The molecule has 3 aromatic carbocycles. The van der Waals surface area contributed by atoms with E-state index in [0.29, 0.717) is 24.1 Å². The van der Waals surface area contributed by atoms with E-state index in [1.807, 2.05) is 42.5 Å². The lowest BCUT2D eigenvalue weighted by atomic mass is 10.1. The number of amides is 2. The van der Waals surface area contributed by atoms with Gasteiger partial charge < -0.3 is 4.90 Å². The van der Waals surface area contributed by atoms with Gasteiger partial charge in [-0.1, -0.05) is 74.3 Å². The third kappa shape index (κ3) is 4.21. The molecule has 3 aromatic rings. The molecule has 0 atom stereocenters. The highest BCUT2D eigenvalue weighted by Crippen LogP contribution is 2.51. The lowest BCUT2D eigenvalue weighted by Crippen LogP contribution is -2.32. The molecule has 0 aromatic heterocycles. The van der Waals surface area contributed by atoms with Crippen molar-refractivity contribution in [1.29, 1.82) is 5.26 Å². The van der Waals surface area contributed by atoms with Crippen molar-refractivity contribution in [2.24, 2.45) is 0 Å². The zero-order valence-corrected chi connectivity index (χ0v) is 20.6. The summed E-state index contributed by atoms with van der Waals surface area (Å²) in [7, 11) is 0. The Hall–Kier alpha value is -3.56. The SMILES string of the molecule is CCCCCCN1c2cccc(CC#N)c2Sc2c(C(=O)N3Cc4ccccc4C3=O)cccc21. The van der Waals surface area contributed by atoms with E-state index in [-0.39, 0.29) is 11.8 Å². The summed E-state index contributed by atoms with van der Waals surface area (Å²) >= 11 is 1.54. The second kappa shape index (κ2) is 9.97. The van der Waals surface area contributed by atoms with Gasteiger partial charge in [-0.25, -0.2) is 0 Å². The molecule has 0 unspecified atom stereocenters. The van der Waals surface area contributed by atoms with Crippen LogP contribution >= 0.6 is 11.8 Å². The molecule has 35 heavy (non-hydrogen) atoms. The second-order valence-corrected chi connectivity index (χ2v) is 9.94. The number of nitrogens with zero attached hydrogens (tertiary/aromatic N) is 3. The van der Waals surface area contributed by atoms with Crippen molar-refractivity contribution in [3.05, 3.63) is 82.9 Å². The number of rotatable bonds is 7. The Kier molecular flexibility index (Phi) is 6.61. The van der Waals surface area contributed by atoms with Crippen molar-refractivity contribution in [2.45, 2.75) is 55.4 Å². The zero-order valence-electron chi connectivity index (χ0n) is 19.8. The highest BCUT2D eigenvalue weighted by molar-refractivity contribution is 8.00. The molecule has 2 aliphatic heterocycles. The predicted molar refractivity (Wildman–Crippen MR) is 138 cm³/mol. The van der Waals surface area contributed by atoms with Crippen LogP contribution in [0.1, 0.15) is 64.4 Å². The van der Waals surface area contributed by atoms with Gasteiger partial charge in [0.05, 0.1) is 36.0 Å². The fourth-order valence-electron chi connectivity index (χ4n) is 4.87. The molecule has 0 spiro atoms. The van der Waals surface area contributed by atoms with Crippen LogP contribution in [0.15, 0.2) is 70.5 Å². The van der Waals surface area contributed by atoms with Crippen molar-refractivity contribution in [3.8, 4) is 6.07 Å². The molecule has 176 valence electrons. The third-order valence-corrected chi connectivity index (χ3v) is 7.97. The number of nitriles is 1. The van der Waals surface area contributed by atoms with Crippen LogP contribution in [0.4, 0.5) is 11.4 Å². The maximum Gasteiger partial charge on any atom is 0.262 e. The molecule has 0 aliphatic carbocycles. The minimum absolute atomic E-state index is 0.244. The number of hydrogen-bond acceptors (Lipinski definition) is 5. The fraction of sp³-hybridized carbons (Fsp3) is 0.276. The molecule has 6 heteroatoms. The quantitative estimate of drug-likeness (QED) is 0.276. The summed E-state index contributed by atoms with van der Waals surface area (Å²) in [6, 6.07) is 21.6. The molecule has 2 heterocycles. The van der Waals surface area contributed by atoms with Crippen LogP contribution in [0, 0.1) is 11.3 Å². The molecule has 5 nitrogen and oxygen atoms in total. The number of fused-ring (bicyclic) bond motifs is 3. The minimum Gasteiger partial charge on any atom is -0.340 e. The van der Waals surface area contributed by atoms with Gasteiger partial charge in [-0.15, -0.1) is 0 Å².